The van der Waals surface area contributed by atoms with Crippen molar-refractivity contribution >= 4 is 27.5 Å². The van der Waals surface area contributed by atoms with Gasteiger partial charge in [0, 0.05) is 18.6 Å². The zero-order valence-corrected chi connectivity index (χ0v) is 16.7. The van der Waals surface area contributed by atoms with Crippen LogP contribution in [-0.4, -0.2) is 45.9 Å². The molecule has 8 heteroatoms. The number of likely N-dealkylation sites (N-methyl/N-ethyl adjacent to an activating group) is 1. The number of nitrogens with one attached hydrogen (secondary N) is 1. The molecule has 0 aliphatic heterocycles. The minimum absolute atomic E-state index is 0.0600. The summed E-state index contributed by atoms with van der Waals surface area (Å²) in [4.78, 5) is 12.0. The number of sulfonamides is 1. The third kappa shape index (κ3) is 5.46. The summed E-state index contributed by atoms with van der Waals surface area (Å²) >= 11 is 5.91. The molecule has 1 aromatic carbocycles. The molecule has 0 aromatic heterocycles. The van der Waals surface area contributed by atoms with E-state index in [4.69, 9.17) is 16.3 Å². The Balaban J connectivity index is 1.95. The van der Waals surface area contributed by atoms with Gasteiger partial charge in [-0.25, -0.2) is 8.42 Å². The first-order valence-corrected chi connectivity index (χ1v) is 10.4. The Morgan fingerprint density at radius 3 is 2.77 bits per heavy atom. The summed E-state index contributed by atoms with van der Waals surface area (Å²) in [6.45, 7) is 0.246. The summed E-state index contributed by atoms with van der Waals surface area (Å²) in [7, 11) is -1.15. The summed E-state index contributed by atoms with van der Waals surface area (Å²) in [5.74, 6) is -0.153. The number of hydrogen-bond donors (Lipinski definition) is 1. The van der Waals surface area contributed by atoms with Gasteiger partial charge in [0.15, 0.2) is 0 Å². The monoisotopic (exact) mass is 400 g/mol. The van der Waals surface area contributed by atoms with Gasteiger partial charge in [-0.3, -0.25) is 4.79 Å². The second-order valence-electron chi connectivity index (χ2n) is 6.26. The number of methoxy groups -OCH3 is 1. The summed E-state index contributed by atoms with van der Waals surface area (Å²) in [5, 5.41) is 3.06. The quantitative estimate of drug-likeness (QED) is 0.680. The second-order valence-corrected chi connectivity index (χ2v) is 8.71. The van der Waals surface area contributed by atoms with Gasteiger partial charge in [-0.15, -0.1) is 0 Å². The van der Waals surface area contributed by atoms with Crippen LogP contribution in [-0.2, 0) is 14.8 Å². The molecule has 0 heterocycles. The Kier molecular flexibility index (Phi) is 7.49. The number of ether oxygens (including phenoxy) is 1. The first-order chi connectivity index (χ1) is 12.3. The average molecular weight is 401 g/mol. The standard InChI is InChI=1S/C18H25ClN2O4S/c1-21(13-18(22)20-11-10-14-6-4-3-5-7-14)26(23,24)17-12-15(19)8-9-16(17)25-2/h6,8-9,12H,3-5,7,10-11,13H2,1-2H3,(H,20,22). The van der Waals surface area contributed by atoms with E-state index in [2.05, 4.69) is 11.4 Å². The number of nitrogens with zero attached hydrogens (tertiary/aromatic N) is 1. The van der Waals surface area contributed by atoms with Crippen molar-refractivity contribution in [3.05, 3.63) is 34.9 Å². The SMILES string of the molecule is COc1ccc(Cl)cc1S(=O)(=O)N(C)CC(=O)NCCC1=CCCCC1. The summed E-state index contributed by atoms with van der Waals surface area (Å²) in [6.07, 6.45) is 7.65. The Hall–Kier alpha value is -1.57. The van der Waals surface area contributed by atoms with Gasteiger partial charge in [-0.05, 0) is 50.3 Å². The molecule has 6 nitrogen and oxygen atoms in total. The van der Waals surface area contributed by atoms with E-state index >= 15 is 0 Å². The molecule has 1 aliphatic rings. The van der Waals surface area contributed by atoms with E-state index in [-0.39, 0.29) is 28.1 Å². The predicted molar refractivity (Wildman–Crippen MR) is 102 cm³/mol. The highest BCUT2D eigenvalue weighted by atomic mass is 35.5. The van der Waals surface area contributed by atoms with Crippen LogP contribution in [0.4, 0.5) is 0 Å². The highest BCUT2D eigenvalue weighted by Gasteiger charge is 2.26. The molecule has 0 saturated carbocycles. The minimum Gasteiger partial charge on any atom is -0.495 e. The molecule has 2 rings (SSSR count). The molecule has 0 saturated heterocycles. The van der Waals surface area contributed by atoms with Crippen molar-refractivity contribution in [2.45, 2.75) is 37.0 Å². The zero-order chi connectivity index (χ0) is 19.2. The van der Waals surface area contributed by atoms with Crippen LogP contribution in [0.5, 0.6) is 5.75 Å². The van der Waals surface area contributed by atoms with Gasteiger partial charge in [-0.2, -0.15) is 4.31 Å². The van der Waals surface area contributed by atoms with Crippen molar-refractivity contribution in [3.63, 3.8) is 0 Å². The van der Waals surface area contributed by atoms with Crippen LogP contribution in [0.3, 0.4) is 0 Å². The molecule has 0 bridgehead atoms. The number of benzene rings is 1. The summed E-state index contributed by atoms with van der Waals surface area (Å²) < 4.78 is 31.5. The fourth-order valence-corrected chi connectivity index (χ4v) is 4.40. The lowest BCUT2D eigenvalue weighted by Gasteiger charge is -2.19. The number of allylic oxidation sites excluding steroid dienone is 1. The zero-order valence-electron chi connectivity index (χ0n) is 15.1. The Morgan fingerprint density at radius 2 is 2.12 bits per heavy atom. The average Bonchev–Trinajstić information content (AvgIpc) is 2.62. The highest BCUT2D eigenvalue weighted by molar-refractivity contribution is 7.89. The molecule has 0 spiro atoms. The van der Waals surface area contributed by atoms with Crippen molar-refractivity contribution in [3.8, 4) is 5.75 Å². The maximum absolute atomic E-state index is 12.7. The van der Waals surface area contributed by atoms with E-state index in [1.807, 2.05) is 0 Å². The van der Waals surface area contributed by atoms with Crippen molar-refractivity contribution < 1.29 is 17.9 Å². The topological polar surface area (TPSA) is 75.7 Å². The van der Waals surface area contributed by atoms with Crippen LogP contribution in [0.1, 0.15) is 32.1 Å². The third-order valence-corrected chi connectivity index (χ3v) is 6.39. The van der Waals surface area contributed by atoms with E-state index in [0.29, 0.717) is 6.54 Å². The lowest BCUT2D eigenvalue weighted by molar-refractivity contribution is -0.121. The fraction of sp³-hybridized carbons (Fsp3) is 0.500. The van der Waals surface area contributed by atoms with Crippen molar-refractivity contribution in [2.75, 3.05) is 27.2 Å². The molecular formula is C18H25ClN2O4S. The van der Waals surface area contributed by atoms with E-state index in [1.165, 1.54) is 44.7 Å². The van der Waals surface area contributed by atoms with Gasteiger partial charge in [0.1, 0.15) is 10.6 Å². The van der Waals surface area contributed by atoms with Gasteiger partial charge in [-0.1, -0.05) is 23.3 Å². The van der Waals surface area contributed by atoms with Gasteiger partial charge in [0.25, 0.3) is 0 Å². The van der Waals surface area contributed by atoms with Crippen LogP contribution >= 0.6 is 11.6 Å². The molecule has 1 aliphatic carbocycles. The van der Waals surface area contributed by atoms with E-state index in [0.717, 1.165) is 23.6 Å². The number of carbonyl (C=O) groups excluding carboxylic acids is 1. The molecule has 0 atom stereocenters. The number of carbonyl (C=O) groups is 1. The molecular weight excluding hydrogens is 376 g/mol. The summed E-state index contributed by atoms with van der Waals surface area (Å²) in [5.41, 5.74) is 1.36. The van der Waals surface area contributed by atoms with E-state index < -0.39 is 10.0 Å². The smallest absolute Gasteiger partial charge is 0.247 e. The minimum atomic E-state index is -3.89. The normalized spacial score (nSPS) is 14.8. The van der Waals surface area contributed by atoms with E-state index in [1.54, 1.807) is 6.07 Å². The first kappa shape index (κ1) is 20.7. The van der Waals surface area contributed by atoms with Crippen molar-refractivity contribution in [1.29, 1.82) is 0 Å². The molecule has 1 aromatic rings. The second kappa shape index (κ2) is 9.39. The fourth-order valence-electron chi connectivity index (χ4n) is 2.86. The Morgan fingerprint density at radius 1 is 1.35 bits per heavy atom. The van der Waals surface area contributed by atoms with Crippen LogP contribution in [0.15, 0.2) is 34.7 Å². The predicted octanol–water partition coefficient (Wildman–Crippen LogP) is 2.98. The number of amides is 1. The first-order valence-electron chi connectivity index (χ1n) is 8.59. The highest BCUT2D eigenvalue weighted by Crippen LogP contribution is 2.29. The Labute approximate surface area is 160 Å². The maximum atomic E-state index is 12.7. The number of rotatable bonds is 8. The lowest BCUT2D eigenvalue weighted by atomic mass is 9.97. The summed E-state index contributed by atoms with van der Waals surface area (Å²) in [6, 6.07) is 4.35. The van der Waals surface area contributed by atoms with Gasteiger partial charge in [0.05, 0.1) is 13.7 Å². The largest absolute Gasteiger partial charge is 0.495 e. The molecule has 0 radical (unpaired) electrons. The third-order valence-electron chi connectivity index (χ3n) is 4.33. The lowest BCUT2D eigenvalue weighted by Crippen LogP contribution is -2.38. The molecule has 144 valence electrons. The number of halogens is 1. The van der Waals surface area contributed by atoms with Gasteiger partial charge < -0.3 is 10.1 Å². The number of hydrogen-bond acceptors (Lipinski definition) is 4. The van der Waals surface area contributed by atoms with Gasteiger partial charge >= 0.3 is 0 Å². The van der Waals surface area contributed by atoms with Crippen molar-refractivity contribution in [2.24, 2.45) is 0 Å². The molecule has 0 unspecified atom stereocenters. The molecule has 1 amide bonds. The van der Waals surface area contributed by atoms with Crippen molar-refractivity contribution in [1.82, 2.24) is 9.62 Å². The molecule has 1 N–H and O–H groups in total. The maximum Gasteiger partial charge on any atom is 0.247 e. The van der Waals surface area contributed by atoms with Gasteiger partial charge in [0.2, 0.25) is 15.9 Å². The van der Waals surface area contributed by atoms with E-state index in [9.17, 15) is 13.2 Å². The van der Waals surface area contributed by atoms with Crippen LogP contribution < -0.4 is 10.1 Å². The molecule has 0 fully saturated rings. The molecule has 26 heavy (non-hydrogen) atoms. The van der Waals surface area contributed by atoms with Crippen LogP contribution in [0.2, 0.25) is 5.02 Å². The van der Waals surface area contributed by atoms with Crippen LogP contribution in [0, 0.1) is 0 Å². The Bertz CT molecular complexity index is 777. The van der Waals surface area contributed by atoms with Crippen LogP contribution in [0.25, 0.3) is 0 Å².